The lowest BCUT2D eigenvalue weighted by Gasteiger charge is -2.15. The third-order valence-corrected chi connectivity index (χ3v) is 5.79. The average Bonchev–Trinajstić information content (AvgIpc) is 2.81. The zero-order valence-electron chi connectivity index (χ0n) is 19.8. The molecule has 0 aliphatic carbocycles. The van der Waals surface area contributed by atoms with Gasteiger partial charge in [-0.25, -0.2) is 4.79 Å². The van der Waals surface area contributed by atoms with E-state index in [0.29, 0.717) is 27.8 Å². The first kappa shape index (κ1) is 25.4. The van der Waals surface area contributed by atoms with Gasteiger partial charge in [0.05, 0.1) is 37.6 Å². The predicted molar refractivity (Wildman–Crippen MR) is 135 cm³/mol. The second kappa shape index (κ2) is 10.8. The molecule has 8 heteroatoms. The van der Waals surface area contributed by atoms with Crippen molar-refractivity contribution in [1.82, 2.24) is 0 Å². The normalized spacial score (nSPS) is 10.9. The van der Waals surface area contributed by atoms with Crippen molar-refractivity contribution in [1.29, 1.82) is 0 Å². The Bertz CT molecular complexity index is 1250. The van der Waals surface area contributed by atoms with Crippen molar-refractivity contribution in [3.8, 4) is 23.0 Å². The van der Waals surface area contributed by atoms with Crippen molar-refractivity contribution in [2.75, 3.05) is 21.3 Å². The average molecular weight is 502 g/mol. The van der Waals surface area contributed by atoms with Crippen LogP contribution in [0.5, 0.6) is 23.0 Å². The molecule has 0 amide bonds. The Labute approximate surface area is 209 Å². The topological polar surface area (TPSA) is 66.4 Å². The molecule has 178 valence electrons. The molecule has 0 spiro atoms. The lowest BCUT2D eigenvalue weighted by Crippen LogP contribution is -2.11. The van der Waals surface area contributed by atoms with Crippen LogP contribution in [0.3, 0.4) is 0 Å². The summed E-state index contributed by atoms with van der Waals surface area (Å²) in [5, 5.41) is 0.558. The summed E-state index contributed by atoms with van der Waals surface area (Å²) in [7, 11) is 4.41. The minimum atomic E-state index is -0.666. The highest BCUT2D eigenvalue weighted by molar-refractivity contribution is 6.36. The second-order valence-corrected chi connectivity index (χ2v) is 8.43. The highest BCUT2D eigenvalue weighted by atomic mass is 35.5. The maximum Gasteiger partial charge on any atom is 0.343 e. The van der Waals surface area contributed by atoms with Gasteiger partial charge in [0.2, 0.25) is 5.75 Å². The maximum atomic E-state index is 13.0. The van der Waals surface area contributed by atoms with E-state index in [1.165, 1.54) is 45.1 Å². The molecule has 34 heavy (non-hydrogen) atoms. The number of benzene rings is 3. The van der Waals surface area contributed by atoms with E-state index in [0.717, 1.165) is 16.8 Å². The van der Waals surface area contributed by atoms with Gasteiger partial charge in [0.1, 0.15) is 0 Å². The number of carbonyl (C=O) groups is 1. The van der Waals surface area contributed by atoms with E-state index in [-0.39, 0.29) is 16.3 Å². The van der Waals surface area contributed by atoms with Gasteiger partial charge in [-0.15, -0.1) is 0 Å². The van der Waals surface area contributed by atoms with Crippen molar-refractivity contribution < 1.29 is 23.7 Å². The molecule has 0 aliphatic rings. The van der Waals surface area contributed by atoms with E-state index in [1.807, 2.05) is 26.8 Å². The summed E-state index contributed by atoms with van der Waals surface area (Å²) < 4.78 is 21.6. The van der Waals surface area contributed by atoms with Crippen molar-refractivity contribution in [3.05, 3.63) is 74.3 Å². The molecule has 0 N–H and O–H groups in total. The van der Waals surface area contributed by atoms with E-state index in [1.54, 1.807) is 12.3 Å². The van der Waals surface area contributed by atoms with Gasteiger partial charge in [0, 0.05) is 16.8 Å². The third kappa shape index (κ3) is 5.46. The number of carbonyl (C=O) groups excluding carboxylic acids is 1. The number of esters is 1. The molecule has 0 radical (unpaired) electrons. The molecule has 3 aromatic rings. The third-order valence-electron chi connectivity index (χ3n) is 5.29. The van der Waals surface area contributed by atoms with Gasteiger partial charge in [-0.2, -0.15) is 0 Å². The standard InChI is InChI=1S/C26H25Cl2NO5/c1-14-7-16(3)21(8-15(14)2)29-13-18-9-19(27)12-20(28)24(18)34-26(30)17-10-22(31-4)25(33-6)23(11-17)32-5/h7-13H,1-6H3. The zero-order chi connectivity index (χ0) is 25.0. The van der Waals surface area contributed by atoms with Crippen LogP contribution < -0.4 is 18.9 Å². The van der Waals surface area contributed by atoms with Crippen LogP contribution in [-0.4, -0.2) is 33.5 Å². The molecule has 0 unspecified atom stereocenters. The van der Waals surface area contributed by atoms with Crippen LogP contribution in [0.15, 0.2) is 41.4 Å². The summed E-state index contributed by atoms with van der Waals surface area (Å²) in [5.74, 6) is 0.476. The van der Waals surface area contributed by atoms with Gasteiger partial charge < -0.3 is 18.9 Å². The molecule has 0 saturated heterocycles. The predicted octanol–water partition coefficient (Wildman–Crippen LogP) is 6.91. The fourth-order valence-electron chi connectivity index (χ4n) is 3.36. The molecule has 0 heterocycles. The van der Waals surface area contributed by atoms with Gasteiger partial charge in [-0.1, -0.05) is 29.3 Å². The molecule has 6 nitrogen and oxygen atoms in total. The lowest BCUT2D eigenvalue weighted by atomic mass is 10.1. The van der Waals surface area contributed by atoms with Crippen LogP contribution in [0.2, 0.25) is 10.0 Å². The number of ether oxygens (including phenoxy) is 4. The van der Waals surface area contributed by atoms with Gasteiger partial charge in [-0.05, 0) is 67.8 Å². The molecule has 0 aliphatic heterocycles. The molecule has 0 saturated carbocycles. The summed E-state index contributed by atoms with van der Waals surface area (Å²) in [4.78, 5) is 17.6. The summed E-state index contributed by atoms with van der Waals surface area (Å²) in [6.07, 6.45) is 1.58. The number of rotatable bonds is 7. The summed E-state index contributed by atoms with van der Waals surface area (Å²) >= 11 is 12.6. The van der Waals surface area contributed by atoms with E-state index in [9.17, 15) is 4.79 Å². The molecular weight excluding hydrogens is 477 g/mol. The Morgan fingerprint density at radius 2 is 1.41 bits per heavy atom. The fourth-order valence-corrected chi connectivity index (χ4v) is 3.91. The van der Waals surface area contributed by atoms with Crippen LogP contribution in [0.4, 0.5) is 5.69 Å². The first-order chi connectivity index (χ1) is 16.2. The number of hydrogen-bond donors (Lipinski definition) is 0. The lowest BCUT2D eigenvalue weighted by molar-refractivity contribution is 0.0733. The number of halogens is 2. The van der Waals surface area contributed by atoms with E-state index < -0.39 is 5.97 Å². The molecule has 0 fully saturated rings. The number of aliphatic imine (C=N–C) groups is 1. The Morgan fingerprint density at radius 3 is 2.00 bits per heavy atom. The van der Waals surface area contributed by atoms with Gasteiger partial charge >= 0.3 is 5.97 Å². The second-order valence-electron chi connectivity index (χ2n) is 7.59. The first-order valence-electron chi connectivity index (χ1n) is 10.3. The Kier molecular flexibility index (Phi) is 8.07. The minimum Gasteiger partial charge on any atom is -0.493 e. The van der Waals surface area contributed by atoms with E-state index in [4.69, 9.17) is 42.1 Å². The monoisotopic (exact) mass is 501 g/mol. The Balaban J connectivity index is 2.00. The quantitative estimate of drug-likeness (QED) is 0.200. The smallest absolute Gasteiger partial charge is 0.343 e. The number of nitrogens with zero attached hydrogens (tertiary/aromatic N) is 1. The number of aryl methyl sites for hydroxylation is 3. The van der Waals surface area contributed by atoms with E-state index in [2.05, 4.69) is 11.1 Å². The summed E-state index contributed by atoms with van der Waals surface area (Å²) in [5.41, 5.74) is 4.76. The summed E-state index contributed by atoms with van der Waals surface area (Å²) in [6.45, 7) is 6.05. The van der Waals surface area contributed by atoms with Gasteiger partial charge in [-0.3, -0.25) is 4.99 Å². The van der Waals surface area contributed by atoms with Crippen LogP contribution in [0, 0.1) is 20.8 Å². The molecule has 3 aromatic carbocycles. The highest BCUT2D eigenvalue weighted by Gasteiger charge is 2.21. The van der Waals surface area contributed by atoms with Gasteiger partial charge in [0.15, 0.2) is 17.2 Å². The SMILES string of the molecule is COc1cc(C(=O)Oc2c(Cl)cc(Cl)cc2C=Nc2cc(C)c(C)cc2C)cc(OC)c1OC. The minimum absolute atomic E-state index is 0.134. The van der Waals surface area contributed by atoms with Crippen LogP contribution >= 0.6 is 23.2 Å². The molecule has 0 bridgehead atoms. The number of methoxy groups -OCH3 is 3. The molecule has 3 rings (SSSR count). The van der Waals surface area contributed by atoms with Crippen LogP contribution in [0.25, 0.3) is 0 Å². The molecule has 0 aromatic heterocycles. The Hall–Kier alpha value is -3.22. The molecule has 0 atom stereocenters. The van der Waals surface area contributed by atoms with E-state index >= 15 is 0 Å². The fraction of sp³-hybridized carbons (Fsp3) is 0.231. The van der Waals surface area contributed by atoms with Crippen LogP contribution in [-0.2, 0) is 0 Å². The van der Waals surface area contributed by atoms with Crippen molar-refractivity contribution in [2.24, 2.45) is 4.99 Å². The largest absolute Gasteiger partial charge is 0.493 e. The van der Waals surface area contributed by atoms with Crippen molar-refractivity contribution >= 4 is 41.1 Å². The highest BCUT2D eigenvalue weighted by Crippen LogP contribution is 2.39. The van der Waals surface area contributed by atoms with Crippen molar-refractivity contribution in [2.45, 2.75) is 20.8 Å². The van der Waals surface area contributed by atoms with Gasteiger partial charge in [0.25, 0.3) is 0 Å². The number of hydrogen-bond acceptors (Lipinski definition) is 6. The molecular formula is C26H25Cl2NO5. The van der Waals surface area contributed by atoms with Crippen molar-refractivity contribution in [3.63, 3.8) is 0 Å². The zero-order valence-corrected chi connectivity index (χ0v) is 21.3. The summed E-state index contributed by atoms with van der Waals surface area (Å²) in [6, 6.07) is 10.2. The Morgan fingerprint density at radius 1 is 0.794 bits per heavy atom. The first-order valence-corrected chi connectivity index (χ1v) is 11.1. The van der Waals surface area contributed by atoms with Crippen LogP contribution in [0.1, 0.15) is 32.6 Å². The maximum absolute atomic E-state index is 13.0.